The first-order valence-electron chi connectivity index (χ1n) is 8.40. The Balaban J connectivity index is 1.65. The summed E-state index contributed by atoms with van der Waals surface area (Å²) in [6, 6.07) is 17.0. The molecule has 0 aromatic heterocycles. The molecule has 1 aliphatic rings. The van der Waals surface area contributed by atoms with Crippen molar-refractivity contribution in [3.8, 4) is 6.07 Å². The molecular weight excluding hydrogens is 314 g/mol. The first-order valence-corrected chi connectivity index (χ1v) is 8.40. The number of benzene rings is 2. The fourth-order valence-corrected chi connectivity index (χ4v) is 2.95. The number of hydrogen-bond acceptors (Lipinski definition) is 4. The molecule has 1 saturated heterocycles. The molecule has 5 nitrogen and oxygen atoms in total. The molecule has 0 aliphatic carbocycles. The Morgan fingerprint density at radius 2 is 1.92 bits per heavy atom. The summed E-state index contributed by atoms with van der Waals surface area (Å²) in [6.07, 6.45) is 0. The molecule has 128 valence electrons. The first kappa shape index (κ1) is 17.2. The molecule has 1 amide bonds. The van der Waals surface area contributed by atoms with Crippen LogP contribution in [0.2, 0.25) is 0 Å². The van der Waals surface area contributed by atoms with Crippen LogP contribution in [0.15, 0.2) is 48.5 Å². The van der Waals surface area contributed by atoms with Crippen LogP contribution in [0.25, 0.3) is 0 Å². The van der Waals surface area contributed by atoms with Gasteiger partial charge in [-0.2, -0.15) is 5.26 Å². The van der Waals surface area contributed by atoms with Crippen molar-refractivity contribution in [1.82, 2.24) is 4.90 Å². The van der Waals surface area contributed by atoms with Crippen molar-refractivity contribution in [2.75, 3.05) is 31.6 Å². The third-order valence-electron chi connectivity index (χ3n) is 4.50. The molecule has 0 saturated carbocycles. The molecule has 0 radical (unpaired) electrons. The molecule has 0 spiro atoms. The molecule has 2 aromatic rings. The molecule has 1 heterocycles. The van der Waals surface area contributed by atoms with Crippen molar-refractivity contribution >= 4 is 11.6 Å². The van der Waals surface area contributed by atoms with Crippen LogP contribution < -0.4 is 5.32 Å². The number of nitrogens with one attached hydrogen (secondary N) is 1. The molecule has 1 aliphatic heterocycles. The van der Waals surface area contributed by atoms with Gasteiger partial charge in [0, 0.05) is 30.4 Å². The van der Waals surface area contributed by atoms with Gasteiger partial charge in [-0.15, -0.1) is 0 Å². The molecule has 3 rings (SSSR count). The maximum Gasteiger partial charge on any atom is 0.255 e. The second-order valence-corrected chi connectivity index (χ2v) is 6.09. The van der Waals surface area contributed by atoms with E-state index in [0.29, 0.717) is 17.2 Å². The van der Waals surface area contributed by atoms with E-state index in [1.807, 2.05) is 30.3 Å². The molecule has 1 unspecified atom stereocenters. The van der Waals surface area contributed by atoms with E-state index in [1.165, 1.54) is 5.56 Å². The van der Waals surface area contributed by atoms with Crippen molar-refractivity contribution in [3.63, 3.8) is 0 Å². The number of nitriles is 1. The van der Waals surface area contributed by atoms with Crippen LogP contribution >= 0.6 is 0 Å². The lowest BCUT2D eigenvalue weighted by Gasteiger charge is -2.32. The average Bonchev–Trinajstić information content (AvgIpc) is 2.68. The monoisotopic (exact) mass is 335 g/mol. The smallest absolute Gasteiger partial charge is 0.255 e. The highest BCUT2D eigenvalue weighted by Crippen LogP contribution is 2.23. The van der Waals surface area contributed by atoms with Crippen molar-refractivity contribution < 1.29 is 9.53 Å². The topological polar surface area (TPSA) is 65.4 Å². The molecule has 1 atom stereocenters. The van der Waals surface area contributed by atoms with Gasteiger partial charge in [0.25, 0.3) is 5.91 Å². The minimum atomic E-state index is -0.217. The number of ether oxygens (including phenoxy) is 1. The van der Waals surface area contributed by atoms with Crippen molar-refractivity contribution in [2.45, 2.75) is 13.0 Å². The van der Waals surface area contributed by atoms with E-state index in [0.717, 1.165) is 32.0 Å². The fourth-order valence-electron chi connectivity index (χ4n) is 2.95. The molecule has 1 fully saturated rings. The highest BCUT2D eigenvalue weighted by Gasteiger charge is 2.18. The second kappa shape index (κ2) is 7.93. The molecule has 5 heteroatoms. The van der Waals surface area contributed by atoms with E-state index in [2.05, 4.69) is 17.1 Å². The number of amides is 1. The summed E-state index contributed by atoms with van der Waals surface area (Å²) in [6.45, 7) is 5.62. The van der Waals surface area contributed by atoms with E-state index < -0.39 is 0 Å². The number of morpholine rings is 1. The van der Waals surface area contributed by atoms with Gasteiger partial charge in [-0.25, -0.2) is 0 Å². The summed E-state index contributed by atoms with van der Waals surface area (Å²) < 4.78 is 5.40. The summed E-state index contributed by atoms with van der Waals surface area (Å²) in [5.41, 5.74) is 2.91. The van der Waals surface area contributed by atoms with Crippen molar-refractivity contribution in [1.29, 1.82) is 5.26 Å². The summed E-state index contributed by atoms with van der Waals surface area (Å²) in [4.78, 5) is 14.7. The van der Waals surface area contributed by atoms with Gasteiger partial charge < -0.3 is 10.1 Å². The van der Waals surface area contributed by atoms with Crippen molar-refractivity contribution in [2.24, 2.45) is 0 Å². The first-order chi connectivity index (χ1) is 12.2. The molecule has 1 N–H and O–H groups in total. The molecule has 0 bridgehead atoms. The average molecular weight is 335 g/mol. The zero-order valence-electron chi connectivity index (χ0n) is 14.2. The summed E-state index contributed by atoms with van der Waals surface area (Å²) in [5.74, 6) is -0.217. The Morgan fingerprint density at radius 3 is 2.60 bits per heavy atom. The Morgan fingerprint density at radius 1 is 1.20 bits per heavy atom. The highest BCUT2D eigenvalue weighted by atomic mass is 16.5. The van der Waals surface area contributed by atoms with E-state index >= 15 is 0 Å². The van der Waals surface area contributed by atoms with Gasteiger partial charge >= 0.3 is 0 Å². The largest absolute Gasteiger partial charge is 0.379 e. The zero-order chi connectivity index (χ0) is 17.6. The number of carbonyl (C=O) groups is 1. The predicted molar refractivity (Wildman–Crippen MR) is 96.4 cm³/mol. The van der Waals surface area contributed by atoms with Crippen LogP contribution in [0.3, 0.4) is 0 Å². The fraction of sp³-hybridized carbons (Fsp3) is 0.300. The maximum absolute atomic E-state index is 12.3. The van der Waals surface area contributed by atoms with Crippen LogP contribution in [-0.4, -0.2) is 37.1 Å². The summed E-state index contributed by atoms with van der Waals surface area (Å²) in [5, 5.41) is 11.8. The van der Waals surface area contributed by atoms with Crippen LogP contribution in [0.1, 0.15) is 34.5 Å². The number of hydrogen-bond donors (Lipinski definition) is 1. The lowest BCUT2D eigenvalue weighted by atomic mass is 10.1. The van der Waals surface area contributed by atoms with Crippen LogP contribution in [0.5, 0.6) is 0 Å². The van der Waals surface area contributed by atoms with E-state index in [9.17, 15) is 4.79 Å². The number of anilines is 1. The van der Waals surface area contributed by atoms with Gasteiger partial charge in [-0.1, -0.05) is 18.2 Å². The zero-order valence-corrected chi connectivity index (χ0v) is 14.2. The molecular formula is C20H21N3O2. The Hall–Kier alpha value is -2.68. The Bertz CT molecular complexity index is 774. The minimum absolute atomic E-state index is 0.217. The van der Waals surface area contributed by atoms with E-state index in [4.69, 9.17) is 10.00 Å². The van der Waals surface area contributed by atoms with Gasteiger partial charge in [0.05, 0.1) is 24.8 Å². The Kier molecular flexibility index (Phi) is 5.44. The van der Waals surface area contributed by atoms with Gasteiger partial charge in [0.15, 0.2) is 0 Å². The number of carbonyl (C=O) groups excluding carboxylic acids is 1. The van der Waals surface area contributed by atoms with E-state index in [1.54, 1.807) is 24.3 Å². The third-order valence-corrected chi connectivity index (χ3v) is 4.50. The number of rotatable bonds is 4. The van der Waals surface area contributed by atoms with E-state index in [-0.39, 0.29) is 5.91 Å². The third kappa shape index (κ3) is 4.24. The van der Waals surface area contributed by atoms with Gasteiger partial charge in [0.2, 0.25) is 0 Å². The van der Waals surface area contributed by atoms with Crippen LogP contribution in [-0.2, 0) is 4.74 Å². The summed E-state index contributed by atoms with van der Waals surface area (Å²) in [7, 11) is 0. The van der Waals surface area contributed by atoms with Crippen molar-refractivity contribution in [3.05, 3.63) is 65.2 Å². The standard InChI is InChI=1S/C20H21N3O2/c1-15(23-9-11-25-12-10-23)17-5-7-19(8-6-17)22-20(24)18-4-2-3-16(13-18)14-21/h2-8,13,15H,9-12H2,1H3,(H,22,24). The number of nitrogens with zero attached hydrogens (tertiary/aromatic N) is 2. The SMILES string of the molecule is CC(c1ccc(NC(=O)c2cccc(C#N)c2)cc1)N1CCOCC1. The van der Waals surface area contributed by atoms with Gasteiger partial charge in [-0.05, 0) is 42.8 Å². The minimum Gasteiger partial charge on any atom is -0.379 e. The predicted octanol–water partition coefficient (Wildman–Crippen LogP) is 3.20. The van der Waals surface area contributed by atoms with Crippen LogP contribution in [0, 0.1) is 11.3 Å². The van der Waals surface area contributed by atoms with Gasteiger partial charge in [-0.3, -0.25) is 9.69 Å². The Labute approximate surface area is 147 Å². The lowest BCUT2D eigenvalue weighted by Crippen LogP contribution is -2.37. The quantitative estimate of drug-likeness (QED) is 0.932. The molecule has 25 heavy (non-hydrogen) atoms. The highest BCUT2D eigenvalue weighted by molar-refractivity contribution is 6.04. The lowest BCUT2D eigenvalue weighted by molar-refractivity contribution is 0.0198. The second-order valence-electron chi connectivity index (χ2n) is 6.09. The van der Waals surface area contributed by atoms with Crippen LogP contribution in [0.4, 0.5) is 5.69 Å². The summed E-state index contributed by atoms with van der Waals surface area (Å²) >= 11 is 0. The normalized spacial score (nSPS) is 16.0. The maximum atomic E-state index is 12.3. The van der Waals surface area contributed by atoms with Gasteiger partial charge in [0.1, 0.15) is 0 Å². The molecule has 2 aromatic carbocycles.